The number of Topliss-reactive ketones (excluding diaryl/α,β-unsaturated/α-hetero) is 1. The highest BCUT2D eigenvalue weighted by Gasteiger charge is 2.19. The third-order valence-electron chi connectivity index (χ3n) is 2.03. The second kappa shape index (κ2) is 4.58. The van der Waals surface area contributed by atoms with Crippen molar-refractivity contribution in [1.29, 1.82) is 0 Å². The van der Waals surface area contributed by atoms with Crippen LogP contribution in [0, 0.1) is 5.92 Å². The van der Waals surface area contributed by atoms with Crippen molar-refractivity contribution in [3.8, 4) is 0 Å². The second-order valence-corrected chi connectivity index (χ2v) is 4.00. The van der Waals surface area contributed by atoms with Gasteiger partial charge in [0.25, 0.3) is 0 Å². The molecule has 0 saturated carbocycles. The van der Waals surface area contributed by atoms with Gasteiger partial charge in [-0.05, 0) is 30.2 Å². The van der Waals surface area contributed by atoms with Crippen LogP contribution >= 0.6 is 11.6 Å². The van der Waals surface area contributed by atoms with Gasteiger partial charge in [-0.3, -0.25) is 4.79 Å². The minimum atomic E-state index is -0.934. The van der Waals surface area contributed by atoms with Crippen molar-refractivity contribution in [3.05, 3.63) is 34.9 Å². The molecular weight excluding hydrogens is 200 g/mol. The van der Waals surface area contributed by atoms with Crippen LogP contribution in [0.2, 0.25) is 5.02 Å². The molecule has 0 heterocycles. The summed E-state index contributed by atoms with van der Waals surface area (Å²) in [6.07, 6.45) is -0.934. The van der Waals surface area contributed by atoms with Gasteiger partial charge < -0.3 is 5.11 Å². The number of hydrogen-bond acceptors (Lipinski definition) is 2. The first-order valence-corrected chi connectivity index (χ1v) is 4.88. The molecule has 0 amide bonds. The fourth-order valence-corrected chi connectivity index (χ4v) is 1.21. The molecule has 1 atom stereocenters. The third-order valence-corrected chi connectivity index (χ3v) is 2.28. The summed E-state index contributed by atoms with van der Waals surface area (Å²) in [4.78, 5) is 11.6. The van der Waals surface area contributed by atoms with Gasteiger partial charge in [-0.25, -0.2) is 0 Å². The quantitative estimate of drug-likeness (QED) is 0.782. The molecule has 0 fully saturated rings. The van der Waals surface area contributed by atoms with Crippen molar-refractivity contribution < 1.29 is 9.90 Å². The van der Waals surface area contributed by atoms with Crippen molar-refractivity contribution >= 4 is 17.4 Å². The van der Waals surface area contributed by atoms with Crippen LogP contribution in [-0.2, 0) is 0 Å². The highest BCUT2D eigenvalue weighted by atomic mass is 35.5. The molecule has 0 spiro atoms. The Bertz CT molecular complexity index is 317. The summed E-state index contributed by atoms with van der Waals surface area (Å²) in [5, 5.41) is 10.1. The van der Waals surface area contributed by atoms with E-state index in [0.717, 1.165) is 0 Å². The third kappa shape index (κ3) is 2.56. The molecule has 0 radical (unpaired) electrons. The highest BCUT2D eigenvalue weighted by molar-refractivity contribution is 6.30. The molecule has 0 aliphatic carbocycles. The van der Waals surface area contributed by atoms with Crippen LogP contribution in [0.1, 0.15) is 24.2 Å². The molecule has 2 nitrogen and oxygen atoms in total. The fourth-order valence-electron chi connectivity index (χ4n) is 1.09. The van der Waals surface area contributed by atoms with Crippen molar-refractivity contribution in [2.75, 3.05) is 0 Å². The lowest BCUT2D eigenvalue weighted by molar-refractivity contribution is 0.0648. The fraction of sp³-hybridized carbons (Fsp3) is 0.364. The van der Waals surface area contributed by atoms with Crippen molar-refractivity contribution in [2.24, 2.45) is 5.92 Å². The SMILES string of the molecule is CC(C)C(O)C(=O)c1ccc(Cl)cc1. The minimum absolute atomic E-state index is 0.0711. The predicted octanol–water partition coefficient (Wildman–Crippen LogP) is 2.54. The topological polar surface area (TPSA) is 37.3 Å². The zero-order chi connectivity index (χ0) is 10.7. The largest absolute Gasteiger partial charge is 0.385 e. The van der Waals surface area contributed by atoms with E-state index < -0.39 is 6.10 Å². The van der Waals surface area contributed by atoms with Crippen LogP contribution in [0.4, 0.5) is 0 Å². The summed E-state index contributed by atoms with van der Waals surface area (Å²) in [5.74, 6) is -0.324. The maximum Gasteiger partial charge on any atom is 0.191 e. The maximum absolute atomic E-state index is 11.6. The summed E-state index contributed by atoms with van der Waals surface area (Å²) in [7, 11) is 0. The van der Waals surface area contributed by atoms with Gasteiger partial charge >= 0.3 is 0 Å². The lowest BCUT2D eigenvalue weighted by Crippen LogP contribution is -2.25. The Labute approximate surface area is 88.5 Å². The Kier molecular flexibility index (Phi) is 3.67. The van der Waals surface area contributed by atoms with Gasteiger partial charge in [0, 0.05) is 10.6 Å². The van der Waals surface area contributed by atoms with Crippen molar-refractivity contribution in [2.45, 2.75) is 20.0 Å². The van der Waals surface area contributed by atoms with Crippen LogP contribution in [0.25, 0.3) is 0 Å². The number of hydrogen-bond donors (Lipinski definition) is 1. The summed E-state index contributed by atoms with van der Waals surface area (Å²) >= 11 is 5.68. The van der Waals surface area contributed by atoms with E-state index in [1.807, 2.05) is 0 Å². The molecule has 0 aliphatic rings. The molecule has 0 aromatic heterocycles. The zero-order valence-corrected chi connectivity index (χ0v) is 8.95. The Morgan fingerprint density at radius 2 is 1.79 bits per heavy atom. The van der Waals surface area contributed by atoms with Crippen LogP contribution < -0.4 is 0 Å². The normalized spacial score (nSPS) is 12.9. The Hall–Kier alpha value is -0.860. The summed E-state index contributed by atoms with van der Waals surface area (Å²) in [6.45, 7) is 3.61. The lowest BCUT2D eigenvalue weighted by atomic mass is 9.98. The molecule has 14 heavy (non-hydrogen) atoms. The van der Waals surface area contributed by atoms with Gasteiger partial charge in [-0.2, -0.15) is 0 Å². The smallest absolute Gasteiger partial charge is 0.191 e. The summed E-state index contributed by atoms with van der Waals surface area (Å²) in [6, 6.07) is 6.52. The van der Waals surface area contributed by atoms with E-state index in [1.165, 1.54) is 0 Å². The lowest BCUT2D eigenvalue weighted by Gasteiger charge is -2.12. The standard InChI is InChI=1S/C11H13ClO2/c1-7(2)10(13)11(14)8-3-5-9(12)6-4-8/h3-7,10,13H,1-2H3. The Morgan fingerprint density at radius 3 is 2.21 bits per heavy atom. The number of carbonyl (C=O) groups excluding carboxylic acids is 1. The van der Waals surface area contributed by atoms with E-state index >= 15 is 0 Å². The van der Waals surface area contributed by atoms with E-state index in [4.69, 9.17) is 11.6 Å². The monoisotopic (exact) mass is 212 g/mol. The average molecular weight is 213 g/mol. The van der Waals surface area contributed by atoms with Crippen LogP contribution in [0.3, 0.4) is 0 Å². The van der Waals surface area contributed by atoms with E-state index in [9.17, 15) is 9.90 Å². The summed E-state index contributed by atoms with van der Waals surface area (Å²) in [5.41, 5.74) is 0.496. The van der Waals surface area contributed by atoms with E-state index in [-0.39, 0.29) is 11.7 Å². The number of aliphatic hydroxyl groups is 1. The van der Waals surface area contributed by atoms with Gasteiger partial charge in [-0.1, -0.05) is 25.4 Å². The molecule has 1 aromatic carbocycles. The maximum atomic E-state index is 11.6. The summed E-state index contributed by atoms with van der Waals surface area (Å²) < 4.78 is 0. The Balaban J connectivity index is 2.84. The molecule has 0 saturated heterocycles. The average Bonchev–Trinajstić information content (AvgIpc) is 2.16. The van der Waals surface area contributed by atoms with Crippen LogP contribution in [-0.4, -0.2) is 17.0 Å². The molecule has 1 rings (SSSR count). The number of rotatable bonds is 3. The number of ketones is 1. The molecule has 0 bridgehead atoms. The van der Waals surface area contributed by atoms with Crippen molar-refractivity contribution in [3.63, 3.8) is 0 Å². The van der Waals surface area contributed by atoms with Gasteiger partial charge in [0.2, 0.25) is 0 Å². The number of aliphatic hydroxyl groups excluding tert-OH is 1. The second-order valence-electron chi connectivity index (χ2n) is 3.56. The van der Waals surface area contributed by atoms with Gasteiger partial charge in [0.15, 0.2) is 5.78 Å². The minimum Gasteiger partial charge on any atom is -0.385 e. The highest BCUT2D eigenvalue weighted by Crippen LogP contribution is 2.13. The van der Waals surface area contributed by atoms with Crippen LogP contribution in [0.5, 0.6) is 0 Å². The number of halogens is 1. The first-order chi connectivity index (χ1) is 6.52. The first kappa shape index (κ1) is 11.2. The molecule has 3 heteroatoms. The molecule has 1 N–H and O–H groups in total. The van der Waals surface area contributed by atoms with Gasteiger partial charge in [0.05, 0.1) is 0 Å². The van der Waals surface area contributed by atoms with Crippen LogP contribution in [0.15, 0.2) is 24.3 Å². The van der Waals surface area contributed by atoms with Gasteiger partial charge in [0.1, 0.15) is 6.10 Å². The molecule has 1 aromatic rings. The van der Waals surface area contributed by atoms with E-state index in [2.05, 4.69) is 0 Å². The molecular formula is C11H13ClO2. The molecule has 0 aliphatic heterocycles. The molecule has 1 unspecified atom stereocenters. The predicted molar refractivity (Wildman–Crippen MR) is 56.6 cm³/mol. The van der Waals surface area contributed by atoms with E-state index in [1.54, 1.807) is 38.1 Å². The molecule has 76 valence electrons. The number of carbonyl (C=O) groups is 1. The zero-order valence-electron chi connectivity index (χ0n) is 8.20. The first-order valence-electron chi connectivity index (χ1n) is 4.50. The number of benzene rings is 1. The van der Waals surface area contributed by atoms with Crippen molar-refractivity contribution in [1.82, 2.24) is 0 Å². The Morgan fingerprint density at radius 1 is 1.29 bits per heavy atom. The van der Waals surface area contributed by atoms with Gasteiger partial charge in [-0.15, -0.1) is 0 Å². The van der Waals surface area contributed by atoms with E-state index in [0.29, 0.717) is 10.6 Å².